The van der Waals surface area contributed by atoms with Crippen molar-refractivity contribution in [2.45, 2.75) is 19.4 Å². The largest absolute Gasteiger partial charge is 0.399 e. The third-order valence-corrected chi connectivity index (χ3v) is 3.95. The first-order valence-electron chi connectivity index (χ1n) is 6.63. The predicted octanol–water partition coefficient (Wildman–Crippen LogP) is 2.11. The molecule has 2 aromatic rings. The molecule has 1 heterocycles. The van der Waals surface area contributed by atoms with Gasteiger partial charge in [-0.2, -0.15) is 0 Å². The average molecular weight is 338 g/mol. The minimum absolute atomic E-state index is 0.620. The number of ether oxygens (including phenoxy) is 1. The van der Waals surface area contributed by atoms with Crippen LogP contribution in [-0.4, -0.2) is 33.4 Å². The molecule has 0 spiro atoms. The summed E-state index contributed by atoms with van der Waals surface area (Å²) in [5.41, 5.74) is 7.39. The second kappa shape index (κ2) is 5.88. The van der Waals surface area contributed by atoms with E-state index in [0.717, 1.165) is 22.6 Å². The smallest absolute Gasteiger partial charge is 0.183 e. The van der Waals surface area contributed by atoms with E-state index in [1.54, 1.807) is 4.68 Å². The van der Waals surface area contributed by atoms with Crippen LogP contribution in [0.15, 0.2) is 22.7 Å². The van der Waals surface area contributed by atoms with Gasteiger partial charge in [-0.3, -0.25) is 0 Å². The van der Waals surface area contributed by atoms with Crippen LogP contribution in [-0.2, 0) is 11.3 Å². The van der Waals surface area contributed by atoms with E-state index in [1.807, 2.05) is 18.2 Å². The van der Waals surface area contributed by atoms with Crippen molar-refractivity contribution >= 4 is 21.6 Å². The normalized spacial score (nSPS) is 14.7. The van der Waals surface area contributed by atoms with Crippen LogP contribution in [0.1, 0.15) is 12.8 Å². The Bertz CT molecular complexity index is 596. The summed E-state index contributed by atoms with van der Waals surface area (Å²) in [6.07, 6.45) is 2.60. The minimum atomic E-state index is 0.620. The number of benzene rings is 1. The van der Waals surface area contributed by atoms with Crippen molar-refractivity contribution in [3.05, 3.63) is 22.7 Å². The van der Waals surface area contributed by atoms with E-state index >= 15 is 0 Å². The molecule has 2 N–H and O–H groups in total. The molecule has 0 bridgehead atoms. The average Bonchev–Trinajstić information content (AvgIpc) is 3.15. The fraction of sp³-hybridized carbons (Fsp3) is 0.462. The highest BCUT2D eigenvalue weighted by molar-refractivity contribution is 9.10. The summed E-state index contributed by atoms with van der Waals surface area (Å²) >= 11 is 3.50. The first kappa shape index (κ1) is 13.5. The fourth-order valence-electron chi connectivity index (χ4n) is 1.95. The first-order valence-corrected chi connectivity index (χ1v) is 7.42. The summed E-state index contributed by atoms with van der Waals surface area (Å²) < 4.78 is 8.28. The molecule has 1 fully saturated rings. The van der Waals surface area contributed by atoms with Gasteiger partial charge >= 0.3 is 0 Å². The van der Waals surface area contributed by atoms with Crippen molar-refractivity contribution in [3.8, 4) is 11.4 Å². The van der Waals surface area contributed by atoms with E-state index < -0.39 is 0 Å². The van der Waals surface area contributed by atoms with Gasteiger partial charge in [0, 0.05) is 22.3 Å². The zero-order chi connectivity index (χ0) is 13.9. The summed E-state index contributed by atoms with van der Waals surface area (Å²) in [7, 11) is 0. The maximum Gasteiger partial charge on any atom is 0.183 e. The molecular weight excluding hydrogens is 322 g/mol. The van der Waals surface area contributed by atoms with E-state index in [1.165, 1.54) is 12.8 Å². The molecule has 3 rings (SSSR count). The Hall–Kier alpha value is -1.47. The van der Waals surface area contributed by atoms with Crippen molar-refractivity contribution in [1.82, 2.24) is 20.2 Å². The van der Waals surface area contributed by atoms with Gasteiger partial charge in [-0.25, -0.2) is 4.68 Å². The molecule has 0 unspecified atom stereocenters. The van der Waals surface area contributed by atoms with Crippen molar-refractivity contribution in [3.63, 3.8) is 0 Å². The molecule has 0 atom stereocenters. The number of halogens is 1. The molecule has 0 radical (unpaired) electrons. The number of aromatic nitrogens is 4. The Morgan fingerprint density at radius 2 is 2.25 bits per heavy atom. The maximum atomic E-state index is 5.82. The molecule has 0 saturated heterocycles. The molecule has 0 amide bonds. The van der Waals surface area contributed by atoms with Gasteiger partial charge in [-0.15, -0.1) is 5.10 Å². The Kier molecular flexibility index (Phi) is 3.98. The lowest BCUT2D eigenvalue weighted by atomic mass is 10.2. The topological polar surface area (TPSA) is 78.9 Å². The highest BCUT2D eigenvalue weighted by Gasteiger charge is 2.21. The molecule has 0 aliphatic heterocycles. The third-order valence-electron chi connectivity index (χ3n) is 3.26. The third kappa shape index (κ3) is 3.16. The van der Waals surface area contributed by atoms with Crippen molar-refractivity contribution in [1.29, 1.82) is 0 Å². The van der Waals surface area contributed by atoms with Crippen LogP contribution in [0.25, 0.3) is 11.4 Å². The number of rotatable bonds is 6. The van der Waals surface area contributed by atoms with Crippen LogP contribution in [0.5, 0.6) is 0 Å². The highest BCUT2D eigenvalue weighted by Crippen LogP contribution is 2.29. The van der Waals surface area contributed by atoms with E-state index in [9.17, 15) is 0 Å². The van der Waals surface area contributed by atoms with Crippen LogP contribution in [0.2, 0.25) is 0 Å². The van der Waals surface area contributed by atoms with Gasteiger partial charge in [-0.05, 0) is 47.4 Å². The van der Waals surface area contributed by atoms with E-state index in [0.29, 0.717) is 24.7 Å². The van der Waals surface area contributed by atoms with Crippen LogP contribution in [0.4, 0.5) is 5.69 Å². The van der Waals surface area contributed by atoms with Gasteiger partial charge in [0.1, 0.15) is 0 Å². The van der Waals surface area contributed by atoms with Gasteiger partial charge in [0.15, 0.2) is 5.82 Å². The predicted molar refractivity (Wildman–Crippen MR) is 78.9 cm³/mol. The Morgan fingerprint density at radius 1 is 1.40 bits per heavy atom. The molecule has 106 valence electrons. The zero-order valence-electron chi connectivity index (χ0n) is 11.0. The molecule has 1 saturated carbocycles. The summed E-state index contributed by atoms with van der Waals surface area (Å²) in [4.78, 5) is 0. The lowest BCUT2D eigenvalue weighted by molar-refractivity contribution is 0.114. The molecule has 1 aliphatic carbocycles. The van der Waals surface area contributed by atoms with Crippen molar-refractivity contribution < 1.29 is 4.74 Å². The quantitative estimate of drug-likeness (QED) is 0.645. The van der Waals surface area contributed by atoms with Crippen LogP contribution in [0, 0.1) is 5.92 Å². The van der Waals surface area contributed by atoms with Crippen LogP contribution < -0.4 is 5.73 Å². The van der Waals surface area contributed by atoms with Crippen molar-refractivity contribution in [2.24, 2.45) is 5.92 Å². The number of nitrogens with two attached hydrogens (primary N) is 1. The zero-order valence-corrected chi connectivity index (χ0v) is 12.6. The highest BCUT2D eigenvalue weighted by atomic mass is 79.9. The van der Waals surface area contributed by atoms with Gasteiger partial charge in [0.25, 0.3) is 0 Å². The molecule has 7 heteroatoms. The van der Waals surface area contributed by atoms with Crippen molar-refractivity contribution in [2.75, 3.05) is 18.9 Å². The van der Waals surface area contributed by atoms with Crippen LogP contribution >= 0.6 is 15.9 Å². The lowest BCUT2D eigenvalue weighted by Crippen LogP contribution is -2.10. The molecule has 1 aromatic carbocycles. The van der Waals surface area contributed by atoms with Gasteiger partial charge in [-0.1, -0.05) is 15.9 Å². The molecule has 1 aliphatic rings. The van der Waals surface area contributed by atoms with Gasteiger partial charge < -0.3 is 10.5 Å². The second-order valence-corrected chi connectivity index (χ2v) is 5.84. The summed E-state index contributed by atoms with van der Waals surface area (Å²) in [5, 5.41) is 11.8. The summed E-state index contributed by atoms with van der Waals surface area (Å²) in [6.45, 7) is 2.10. The molecule has 1 aromatic heterocycles. The fourth-order valence-corrected chi connectivity index (χ4v) is 2.37. The number of hydrogen-bond donors (Lipinski definition) is 1. The number of tetrazole rings is 1. The Labute approximate surface area is 125 Å². The Balaban J connectivity index is 1.70. The molecular formula is C13H16BrN5O. The van der Waals surface area contributed by atoms with E-state index in [4.69, 9.17) is 10.5 Å². The maximum absolute atomic E-state index is 5.82. The summed E-state index contributed by atoms with van der Waals surface area (Å²) in [6, 6.07) is 5.59. The second-order valence-electron chi connectivity index (χ2n) is 4.98. The van der Waals surface area contributed by atoms with Gasteiger partial charge in [0.2, 0.25) is 0 Å². The van der Waals surface area contributed by atoms with Gasteiger partial charge in [0.05, 0.1) is 13.2 Å². The minimum Gasteiger partial charge on any atom is -0.399 e. The number of nitrogen functional groups attached to an aromatic ring is 1. The summed E-state index contributed by atoms with van der Waals surface area (Å²) in [5.74, 6) is 1.46. The first-order chi connectivity index (χ1) is 9.74. The number of nitrogens with zero attached hydrogens (tertiary/aromatic N) is 4. The van der Waals surface area contributed by atoms with E-state index in [-0.39, 0.29) is 0 Å². The van der Waals surface area contributed by atoms with E-state index in [2.05, 4.69) is 31.5 Å². The monoisotopic (exact) mass is 337 g/mol. The number of anilines is 1. The molecule has 20 heavy (non-hydrogen) atoms. The number of hydrogen-bond acceptors (Lipinski definition) is 5. The molecule has 6 nitrogen and oxygen atoms in total. The standard InChI is InChI=1S/C13H16BrN5O/c14-12-4-3-10(15)7-11(12)13-16-17-18-19(13)5-6-20-8-9-1-2-9/h3-4,7,9H,1-2,5-6,8,15H2. The van der Waals surface area contributed by atoms with Crippen LogP contribution in [0.3, 0.4) is 0 Å². The lowest BCUT2D eigenvalue weighted by Gasteiger charge is -2.07. The SMILES string of the molecule is Nc1ccc(Br)c(-c2nnnn2CCOCC2CC2)c1. The Morgan fingerprint density at radius 3 is 3.05 bits per heavy atom.